The number of hydrogen-bond acceptors (Lipinski definition) is 7. The van der Waals surface area contributed by atoms with Gasteiger partial charge in [-0.2, -0.15) is 0 Å². The summed E-state index contributed by atoms with van der Waals surface area (Å²) in [5.41, 5.74) is 0. The maximum absolute atomic E-state index is 11.4. The van der Waals surface area contributed by atoms with E-state index < -0.39 is 9.84 Å². The first-order valence-electron chi connectivity index (χ1n) is 8.62. The lowest BCUT2D eigenvalue weighted by Gasteiger charge is -2.39. The predicted molar refractivity (Wildman–Crippen MR) is 90.8 cm³/mol. The Hall–Kier alpha value is -1.25. The summed E-state index contributed by atoms with van der Waals surface area (Å²) >= 11 is 0. The Bertz CT molecular complexity index is 621. The SMILES string of the molecule is CS(=O)(=O)c1cnc(OCC2CCC(N3CCNCC3)CC2)cn1. The van der Waals surface area contributed by atoms with Crippen molar-refractivity contribution in [2.24, 2.45) is 5.92 Å². The van der Waals surface area contributed by atoms with Gasteiger partial charge in [-0.15, -0.1) is 0 Å². The molecule has 0 unspecified atom stereocenters. The van der Waals surface area contributed by atoms with Crippen LogP contribution in [0.3, 0.4) is 0 Å². The summed E-state index contributed by atoms with van der Waals surface area (Å²) in [6.07, 6.45) is 8.56. The average Bonchev–Trinajstić information content (AvgIpc) is 2.61. The third-order valence-electron chi connectivity index (χ3n) is 4.94. The van der Waals surface area contributed by atoms with Gasteiger partial charge in [0.05, 0.1) is 19.0 Å². The van der Waals surface area contributed by atoms with Crippen molar-refractivity contribution in [1.82, 2.24) is 20.2 Å². The molecule has 2 aliphatic rings. The minimum atomic E-state index is -3.31. The van der Waals surface area contributed by atoms with E-state index in [4.69, 9.17) is 4.74 Å². The molecule has 0 atom stereocenters. The molecule has 0 spiro atoms. The average molecular weight is 354 g/mol. The van der Waals surface area contributed by atoms with Gasteiger partial charge in [0, 0.05) is 38.5 Å². The van der Waals surface area contributed by atoms with E-state index in [0.29, 0.717) is 18.4 Å². The third kappa shape index (κ3) is 4.64. The molecular formula is C16H26N4O3S. The molecule has 24 heavy (non-hydrogen) atoms. The molecule has 2 fully saturated rings. The van der Waals surface area contributed by atoms with Crippen molar-refractivity contribution in [2.75, 3.05) is 39.0 Å². The molecule has 2 heterocycles. The van der Waals surface area contributed by atoms with Crippen LogP contribution in [0.1, 0.15) is 25.7 Å². The summed E-state index contributed by atoms with van der Waals surface area (Å²) in [4.78, 5) is 10.6. The zero-order valence-corrected chi connectivity index (χ0v) is 15.0. The second kappa shape index (κ2) is 7.76. The van der Waals surface area contributed by atoms with E-state index in [0.717, 1.165) is 38.5 Å². The minimum absolute atomic E-state index is 0.0219. The van der Waals surface area contributed by atoms with E-state index in [-0.39, 0.29) is 5.03 Å². The predicted octanol–water partition coefficient (Wildman–Crippen LogP) is 0.723. The number of nitrogens with one attached hydrogen (secondary N) is 1. The lowest BCUT2D eigenvalue weighted by Crippen LogP contribution is -2.49. The normalized spacial score (nSPS) is 26.2. The van der Waals surface area contributed by atoms with Crippen LogP contribution in [0.4, 0.5) is 0 Å². The van der Waals surface area contributed by atoms with Gasteiger partial charge in [0.25, 0.3) is 0 Å². The van der Waals surface area contributed by atoms with Gasteiger partial charge in [-0.1, -0.05) is 0 Å². The molecule has 0 amide bonds. The molecule has 134 valence electrons. The van der Waals surface area contributed by atoms with Crippen LogP contribution in [0.5, 0.6) is 5.88 Å². The van der Waals surface area contributed by atoms with Gasteiger partial charge in [-0.25, -0.2) is 18.4 Å². The highest BCUT2D eigenvalue weighted by atomic mass is 32.2. The van der Waals surface area contributed by atoms with Gasteiger partial charge in [0.15, 0.2) is 14.9 Å². The maximum Gasteiger partial charge on any atom is 0.232 e. The van der Waals surface area contributed by atoms with Crippen molar-refractivity contribution in [2.45, 2.75) is 36.8 Å². The second-order valence-electron chi connectivity index (χ2n) is 6.74. The van der Waals surface area contributed by atoms with Gasteiger partial charge >= 0.3 is 0 Å². The first-order chi connectivity index (χ1) is 11.5. The fourth-order valence-corrected chi connectivity index (χ4v) is 3.99. The number of sulfone groups is 1. The maximum atomic E-state index is 11.4. The monoisotopic (exact) mass is 354 g/mol. The lowest BCUT2D eigenvalue weighted by atomic mass is 9.85. The summed E-state index contributed by atoms with van der Waals surface area (Å²) in [6, 6.07) is 0.720. The van der Waals surface area contributed by atoms with E-state index in [1.54, 1.807) is 0 Å². The number of piperazine rings is 1. The van der Waals surface area contributed by atoms with Crippen molar-refractivity contribution in [1.29, 1.82) is 0 Å². The van der Waals surface area contributed by atoms with Crippen LogP contribution in [0.15, 0.2) is 17.4 Å². The van der Waals surface area contributed by atoms with Gasteiger partial charge < -0.3 is 10.1 Å². The summed E-state index contributed by atoms with van der Waals surface area (Å²) in [5, 5.41) is 3.38. The van der Waals surface area contributed by atoms with Crippen LogP contribution >= 0.6 is 0 Å². The Kier molecular flexibility index (Phi) is 5.68. The highest BCUT2D eigenvalue weighted by molar-refractivity contribution is 7.90. The summed E-state index contributed by atoms with van der Waals surface area (Å²) < 4.78 is 28.4. The molecular weight excluding hydrogens is 328 g/mol. The van der Waals surface area contributed by atoms with Crippen molar-refractivity contribution in [3.63, 3.8) is 0 Å². The zero-order chi connectivity index (χ0) is 17.0. The Morgan fingerprint density at radius 2 is 1.88 bits per heavy atom. The molecule has 0 radical (unpaired) electrons. The van der Waals surface area contributed by atoms with Crippen LogP contribution < -0.4 is 10.1 Å². The van der Waals surface area contributed by atoms with Crippen LogP contribution in [0, 0.1) is 5.92 Å². The molecule has 8 heteroatoms. The summed E-state index contributed by atoms with van der Waals surface area (Å²) in [6.45, 7) is 5.15. The fourth-order valence-electron chi connectivity index (χ4n) is 3.50. The van der Waals surface area contributed by atoms with Gasteiger partial charge in [-0.05, 0) is 31.6 Å². The minimum Gasteiger partial charge on any atom is -0.476 e. The summed E-state index contributed by atoms with van der Waals surface area (Å²) in [7, 11) is -3.31. The lowest BCUT2D eigenvalue weighted by molar-refractivity contribution is 0.105. The molecule has 1 aliphatic heterocycles. The van der Waals surface area contributed by atoms with E-state index >= 15 is 0 Å². The molecule has 3 rings (SSSR count). The van der Waals surface area contributed by atoms with Crippen LogP contribution in [0.25, 0.3) is 0 Å². The van der Waals surface area contributed by atoms with Crippen molar-refractivity contribution in [3.8, 4) is 5.88 Å². The smallest absolute Gasteiger partial charge is 0.232 e. The molecule has 7 nitrogen and oxygen atoms in total. The zero-order valence-electron chi connectivity index (χ0n) is 14.1. The van der Waals surface area contributed by atoms with Crippen LogP contribution in [-0.4, -0.2) is 68.4 Å². The van der Waals surface area contributed by atoms with E-state index in [9.17, 15) is 8.42 Å². The van der Waals surface area contributed by atoms with Crippen molar-refractivity contribution in [3.05, 3.63) is 12.4 Å². The third-order valence-corrected chi connectivity index (χ3v) is 5.91. The molecule has 1 saturated heterocycles. The molecule has 1 aromatic heterocycles. The molecule has 0 bridgehead atoms. The fraction of sp³-hybridized carbons (Fsp3) is 0.750. The number of hydrogen-bond donors (Lipinski definition) is 1. The van der Waals surface area contributed by atoms with Gasteiger partial charge in [0.1, 0.15) is 0 Å². The molecule has 1 aromatic rings. The largest absolute Gasteiger partial charge is 0.476 e. The van der Waals surface area contributed by atoms with Crippen LogP contribution in [-0.2, 0) is 9.84 Å². The second-order valence-corrected chi connectivity index (χ2v) is 8.70. The molecule has 1 aliphatic carbocycles. The Labute approximate surface area is 143 Å². The van der Waals surface area contributed by atoms with Crippen molar-refractivity contribution < 1.29 is 13.2 Å². The molecule has 1 N–H and O–H groups in total. The Balaban J connectivity index is 1.43. The molecule has 1 saturated carbocycles. The first kappa shape index (κ1) is 17.6. The highest BCUT2D eigenvalue weighted by Crippen LogP contribution is 2.28. The standard InChI is InChI=1S/C16H26N4O3S/c1-24(21,22)16-11-18-15(10-19-16)23-12-13-2-4-14(5-3-13)20-8-6-17-7-9-20/h10-11,13-14,17H,2-9,12H2,1H3. The topological polar surface area (TPSA) is 84.4 Å². The van der Waals surface area contributed by atoms with E-state index in [2.05, 4.69) is 20.2 Å². The Morgan fingerprint density at radius 3 is 2.46 bits per heavy atom. The van der Waals surface area contributed by atoms with E-state index in [1.807, 2.05) is 0 Å². The number of nitrogens with zero attached hydrogens (tertiary/aromatic N) is 3. The Morgan fingerprint density at radius 1 is 1.17 bits per heavy atom. The first-order valence-corrected chi connectivity index (χ1v) is 10.5. The van der Waals surface area contributed by atoms with Gasteiger partial charge in [0.2, 0.25) is 5.88 Å². The van der Waals surface area contributed by atoms with E-state index in [1.165, 1.54) is 38.1 Å². The van der Waals surface area contributed by atoms with Gasteiger partial charge in [-0.3, -0.25) is 4.90 Å². The summed E-state index contributed by atoms with van der Waals surface area (Å²) in [5.74, 6) is 0.937. The van der Waals surface area contributed by atoms with Crippen LogP contribution in [0.2, 0.25) is 0 Å². The number of ether oxygens (including phenoxy) is 1. The number of rotatable bonds is 5. The number of aromatic nitrogens is 2. The van der Waals surface area contributed by atoms with Crippen molar-refractivity contribution >= 4 is 9.84 Å². The highest BCUT2D eigenvalue weighted by Gasteiger charge is 2.27. The molecule has 0 aromatic carbocycles. The quantitative estimate of drug-likeness (QED) is 0.834.